The highest BCUT2D eigenvalue weighted by molar-refractivity contribution is 5.99. The van der Waals surface area contributed by atoms with Crippen LogP contribution in [0.25, 0.3) is 11.3 Å². The fourth-order valence-electron chi connectivity index (χ4n) is 4.23. The lowest BCUT2D eigenvalue weighted by atomic mass is 10.1. The van der Waals surface area contributed by atoms with E-state index in [-0.39, 0.29) is 12.3 Å². The Labute approximate surface area is 260 Å². The van der Waals surface area contributed by atoms with E-state index in [1.54, 1.807) is 60.7 Å². The number of hydrogen-bond donors (Lipinski definition) is 2. The minimum Gasteiger partial charge on any atom is -0.493 e. The van der Waals surface area contributed by atoms with Crippen LogP contribution in [0.4, 0.5) is 15.3 Å². The molecule has 1 atom stereocenters. The van der Waals surface area contributed by atoms with Crippen LogP contribution >= 0.6 is 0 Å². The van der Waals surface area contributed by atoms with Crippen LogP contribution in [0.3, 0.4) is 0 Å². The number of carbonyl (C=O) groups excluding carboxylic acids is 2. The van der Waals surface area contributed by atoms with Gasteiger partial charge in [0.1, 0.15) is 11.4 Å². The molecule has 0 aliphatic carbocycles. The fourth-order valence-corrected chi connectivity index (χ4v) is 4.23. The zero-order valence-corrected chi connectivity index (χ0v) is 25.6. The van der Waals surface area contributed by atoms with Crippen molar-refractivity contribution in [2.45, 2.75) is 45.4 Å². The lowest BCUT2D eigenvalue weighted by molar-refractivity contribution is -0.152. The van der Waals surface area contributed by atoms with Crippen molar-refractivity contribution in [1.29, 1.82) is 0 Å². The first-order chi connectivity index (χ1) is 21.5. The summed E-state index contributed by atoms with van der Waals surface area (Å²) in [6, 6.07) is 21.5. The molecule has 0 saturated carbocycles. The molecule has 0 radical (unpaired) electrons. The number of carboxylic acids is 1. The van der Waals surface area contributed by atoms with Gasteiger partial charge < -0.3 is 33.9 Å². The second-order valence-corrected chi connectivity index (χ2v) is 10.4. The Morgan fingerprint density at radius 3 is 2.27 bits per heavy atom. The minimum atomic E-state index is -1.40. The van der Waals surface area contributed by atoms with Crippen LogP contribution < -0.4 is 19.5 Å². The normalized spacial score (nSPS) is 11.7. The predicted molar refractivity (Wildman–Crippen MR) is 164 cm³/mol. The van der Waals surface area contributed by atoms with Gasteiger partial charge in [-0.05, 0) is 62.2 Å². The molecule has 0 aliphatic heterocycles. The first-order valence-corrected chi connectivity index (χ1v) is 14.1. The summed E-state index contributed by atoms with van der Waals surface area (Å²) in [5.74, 6) is 0.465. The van der Waals surface area contributed by atoms with Gasteiger partial charge in [-0.2, -0.15) is 0 Å². The number of nitrogens with one attached hydrogen (secondary N) is 1. The van der Waals surface area contributed by atoms with Gasteiger partial charge in [0, 0.05) is 23.4 Å². The average Bonchev–Trinajstić information content (AvgIpc) is 3.53. The summed E-state index contributed by atoms with van der Waals surface area (Å²) in [7, 11) is 2.99. The summed E-state index contributed by atoms with van der Waals surface area (Å²) < 4.78 is 27.4. The number of benzene rings is 3. The summed E-state index contributed by atoms with van der Waals surface area (Å²) in [4.78, 5) is 39.3. The Kier molecular flexibility index (Phi) is 10.3. The van der Waals surface area contributed by atoms with Crippen LogP contribution in [0.15, 0.2) is 83.4 Å². The number of hydrogen-bond acceptors (Lipinski definition) is 9. The molecule has 12 heteroatoms. The maximum atomic E-state index is 13.5. The van der Waals surface area contributed by atoms with Crippen LogP contribution in [0.2, 0.25) is 0 Å². The fraction of sp³-hybridized carbons (Fsp3) is 0.273. The first-order valence-electron chi connectivity index (χ1n) is 14.1. The van der Waals surface area contributed by atoms with Gasteiger partial charge in [-0.3, -0.25) is 0 Å². The zero-order valence-electron chi connectivity index (χ0n) is 25.6. The van der Waals surface area contributed by atoms with Gasteiger partial charge in [-0.15, -0.1) is 0 Å². The Balaban J connectivity index is 1.51. The molecule has 3 aromatic carbocycles. The zero-order chi connectivity index (χ0) is 32.6. The van der Waals surface area contributed by atoms with Crippen molar-refractivity contribution in [2.24, 2.45) is 0 Å². The molecule has 12 nitrogen and oxygen atoms in total. The number of anilines is 1. The minimum absolute atomic E-state index is 0.0516. The third-order valence-corrected chi connectivity index (χ3v) is 6.78. The lowest BCUT2D eigenvalue weighted by Crippen LogP contribution is -2.40. The van der Waals surface area contributed by atoms with Crippen molar-refractivity contribution >= 4 is 23.8 Å². The smallest absolute Gasteiger partial charge is 0.419 e. The summed E-state index contributed by atoms with van der Waals surface area (Å²) in [6.07, 6.45) is -1.39. The maximum absolute atomic E-state index is 13.5. The van der Waals surface area contributed by atoms with Crippen molar-refractivity contribution in [2.75, 3.05) is 19.5 Å². The summed E-state index contributed by atoms with van der Waals surface area (Å²) in [6.45, 7) is 4.67. The summed E-state index contributed by atoms with van der Waals surface area (Å²) in [5, 5.41) is 16.1. The number of amides is 3. The SMILES string of the molecule is CCC(OC(=O)N(Cc1ccccc1)C(=O)Nc1ccc(OC)c(OC)c1)c1cc(-c2ccc(OC(C)(C)C(=O)O)cc2)no1. The van der Waals surface area contributed by atoms with Crippen molar-refractivity contribution in [3.05, 3.63) is 90.2 Å². The van der Waals surface area contributed by atoms with Crippen molar-refractivity contribution < 1.29 is 43.0 Å². The third-order valence-electron chi connectivity index (χ3n) is 6.78. The van der Waals surface area contributed by atoms with Crippen molar-refractivity contribution in [3.63, 3.8) is 0 Å². The van der Waals surface area contributed by atoms with Gasteiger partial charge in [0.15, 0.2) is 29.0 Å². The maximum Gasteiger partial charge on any atom is 0.419 e. The molecule has 0 spiro atoms. The quantitative estimate of drug-likeness (QED) is 0.171. The van der Waals surface area contributed by atoms with Gasteiger partial charge in [0.25, 0.3) is 0 Å². The second-order valence-electron chi connectivity index (χ2n) is 10.4. The highest BCUT2D eigenvalue weighted by atomic mass is 16.6. The van der Waals surface area contributed by atoms with Gasteiger partial charge in [0.2, 0.25) is 0 Å². The highest BCUT2D eigenvalue weighted by Gasteiger charge is 2.30. The van der Waals surface area contributed by atoms with Gasteiger partial charge in [0.05, 0.1) is 20.8 Å². The molecular weight excluding hydrogens is 582 g/mol. The van der Waals surface area contributed by atoms with Crippen LogP contribution in [-0.4, -0.2) is 53.1 Å². The van der Waals surface area contributed by atoms with Crippen molar-refractivity contribution in [3.8, 4) is 28.5 Å². The Hall–Kier alpha value is -5.52. The highest BCUT2D eigenvalue weighted by Crippen LogP contribution is 2.31. The molecule has 45 heavy (non-hydrogen) atoms. The number of aliphatic carboxylic acids is 1. The third kappa shape index (κ3) is 8.11. The number of aromatic nitrogens is 1. The summed E-state index contributed by atoms with van der Waals surface area (Å²) in [5.41, 5.74) is 0.847. The van der Waals surface area contributed by atoms with Crippen LogP contribution in [-0.2, 0) is 16.1 Å². The van der Waals surface area contributed by atoms with Crippen molar-refractivity contribution in [1.82, 2.24) is 10.1 Å². The Morgan fingerprint density at radius 2 is 1.64 bits per heavy atom. The lowest BCUT2D eigenvalue weighted by Gasteiger charge is -2.23. The monoisotopic (exact) mass is 617 g/mol. The average molecular weight is 618 g/mol. The van der Waals surface area contributed by atoms with Gasteiger partial charge in [-0.1, -0.05) is 42.4 Å². The van der Waals surface area contributed by atoms with E-state index in [4.69, 9.17) is 23.5 Å². The van der Waals surface area contributed by atoms with E-state index >= 15 is 0 Å². The predicted octanol–water partition coefficient (Wildman–Crippen LogP) is 6.92. The largest absolute Gasteiger partial charge is 0.493 e. The van der Waals surface area contributed by atoms with E-state index in [1.165, 1.54) is 28.1 Å². The summed E-state index contributed by atoms with van der Waals surface area (Å²) >= 11 is 0. The molecule has 1 unspecified atom stereocenters. The number of carbonyl (C=O) groups is 3. The van der Waals surface area contributed by atoms with Crippen LogP contribution in [0.1, 0.15) is 44.6 Å². The molecule has 3 amide bonds. The van der Waals surface area contributed by atoms with E-state index in [0.717, 1.165) is 4.90 Å². The molecule has 236 valence electrons. The Bertz CT molecular complexity index is 1620. The topological polar surface area (TPSA) is 150 Å². The molecule has 0 bridgehead atoms. The van der Waals surface area contributed by atoms with E-state index in [1.807, 2.05) is 25.1 Å². The van der Waals surface area contributed by atoms with E-state index < -0.39 is 29.8 Å². The second kappa shape index (κ2) is 14.3. The van der Waals surface area contributed by atoms with Crippen LogP contribution in [0, 0.1) is 0 Å². The molecule has 4 aromatic rings. The molecule has 1 aromatic heterocycles. The van der Waals surface area contributed by atoms with Gasteiger partial charge >= 0.3 is 18.1 Å². The number of ether oxygens (including phenoxy) is 4. The molecule has 0 saturated heterocycles. The molecule has 0 aliphatic rings. The van der Waals surface area contributed by atoms with E-state index in [9.17, 15) is 19.5 Å². The van der Waals surface area contributed by atoms with Crippen LogP contribution in [0.5, 0.6) is 17.2 Å². The van der Waals surface area contributed by atoms with E-state index in [0.29, 0.717) is 46.2 Å². The molecule has 4 rings (SSSR count). The number of carboxylic acid groups (broad SMARTS) is 1. The van der Waals surface area contributed by atoms with E-state index in [2.05, 4.69) is 10.5 Å². The first kappa shape index (κ1) is 32.4. The van der Waals surface area contributed by atoms with Gasteiger partial charge in [-0.25, -0.2) is 19.3 Å². The molecule has 1 heterocycles. The molecule has 2 N–H and O–H groups in total. The molecular formula is C33H35N3O9. The number of methoxy groups -OCH3 is 2. The number of nitrogens with zero attached hydrogens (tertiary/aromatic N) is 2. The molecule has 0 fully saturated rings. The number of urea groups is 1. The number of imide groups is 1. The standard InChI is InChI=1S/C33H35N3O9/c1-6-26(29-19-25(35-45-29)22-12-15-24(16-13-22)44-33(2,3)30(37)38)43-32(40)36(20-21-10-8-7-9-11-21)31(39)34-23-14-17-27(41-4)28(18-23)42-5/h7-19,26H,6,20H2,1-5H3,(H,34,39)(H,37,38). The Morgan fingerprint density at radius 1 is 0.956 bits per heavy atom. The number of rotatable bonds is 12.